The van der Waals surface area contributed by atoms with Crippen molar-refractivity contribution in [1.82, 2.24) is 29.5 Å². The molecule has 2 N–H and O–H groups in total. The molecular formula is C16H20N6O2. The highest BCUT2D eigenvalue weighted by molar-refractivity contribution is 5.74. The molecule has 24 heavy (non-hydrogen) atoms. The van der Waals surface area contributed by atoms with E-state index in [1.165, 1.54) is 4.90 Å². The predicted molar refractivity (Wildman–Crippen MR) is 87.9 cm³/mol. The molecule has 8 heteroatoms. The van der Waals surface area contributed by atoms with Gasteiger partial charge in [-0.05, 0) is 37.7 Å². The van der Waals surface area contributed by atoms with Gasteiger partial charge in [-0.2, -0.15) is 0 Å². The molecule has 1 saturated carbocycles. The van der Waals surface area contributed by atoms with Crippen LogP contribution in [0.4, 0.5) is 4.79 Å². The van der Waals surface area contributed by atoms with Gasteiger partial charge in [0.25, 0.3) is 0 Å². The zero-order valence-electron chi connectivity index (χ0n) is 13.5. The summed E-state index contributed by atoms with van der Waals surface area (Å²) in [5.74, 6) is 1.46. The largest absolute Gasteiger partial charge is 0.465 e. The summed E-state index contributed by atoms with van der Waals surface area (Å²) < 4.78 is 2.06. The molecule has 0 spiro atoms. The molecule has 0 bridgehead atoms. The van der Waals surface area contributed by atoms with E-state index in [4.69, 9.17) is 5.11 Å². The molecule has 1 amide bonds. The standard InChI is InChI=1S/C16H20N6O2/c1-21(16(23)24)11-4-2-10(3-5-11)8-13-19-20-14-9-18-15-12(22(13)14)6-7-17-15/h6-7,9-11,17H,2-5,8H2,1H3,(H,23,24). The summed E-state index contributed by atoms with van der Waals surface area (Å²) in [7, 11) is 1.66. The molecule has 0 unspecified atom stereocenters. The Hall–Kier alpha value is -2.64. The topological polar surface area (TPSA) is 99.4 Å². The molecule has 0 aromatic carbocycles. The van der Waals surface area contributed by atoms with E-state index in [1.54, 1.807) is 13.2 Å². The second-order valence-corrected chi connectivity index (χ2v) is 6.55. The minimum absolute atomic E-state index is 0.134. The minimum atomic E-state index is -0.843. The number of carbonyl (C=O) groups is 1. The Labute approximate surface area is 138 Å². The van der Waals surface area contributed by atoms with E-state index < -0.39 is 6.09 Å². The summed E-state index contributed by atoms with van der Waals surface area (Å²) in [6.45, 7) is 0. The first-order valence-corrected chi connectivity index (χ1v) is 8.25. The second kappa shape index (κ2) is 5.77. The van der Waals surface area contributed by atoms with Crippen LogP contribution in [0.15, 0.2) is 18.5 Å². The maximum Gasteiger partial charge on any atom is 0.407 e. The van der Waals surface area contributed by atoms with Gasteiger partial charge in [-0.1, -0.05) is 0 Å². The van der Waals surface area contributed by atoms with Gasteiger partial charge < -0.3 is 15.0 Å². The van der Waals surface area contributed by atoms with Crippen LogP contribution in [0, 0.1) is 5.92 Å². The van der Waals surface area contributed by atoms with Crippen LogP contribution in [0.2, 0.25) is 0 Å². The third-order valence-corrected chi connectivity index (χ3v) is 5.15. The van der Waals surface area contributed by atoms with Crippen molar-refractivity contribution in [2.45, 2.75) is 38.1 Å². The van der Waals surface area contributed by atoms with Gasteiger partial charge in [0, 0.05) is 25.7 Å². The van der Waals surface area contributed by atoms with Crippen molar-refractivity contribution in [3.8, 4) is 0 Å². The second-order valence-electron chi connectivity index (χ2n) is 6.55. The van der Waals surface area contributed by atoms with Crippen molar-refractivity contribution in [2.24, 2.45) is 5.92 Å². The molecule has 3 aromatic rings. The van der Waals surface area contributed by atoms with Crippen molar-refractivity contribution in [1.29, 1.82) is 0 Å². The number of H-pyrrole nitrogens is 1. The zero-order chi connectivity index (χ0) is 16.7. The number of carboxylic acid groups (broad SMARTS) is 1. The fourth-order valence-corrected chi connectivity index (χ4v) is 3.72. The van der Waals surface area contributed by atoms with E-state index in [1.807, 2.05) is 12.3 Å². The van der Waals surface area contributed by atoms with Crippen molar-refractivity contribution in [2.75, 3.05) is 7.05 Å². The van der Waals surface area contributed by atoms with Gasteiger partial charge in [0.15, 0.2) is 11.3 Å². The molecule has 4 rings (SSSR count). The third kappa shape index (κ3) is 2.47. The predicted octanol–water partition coefficient (Wildman–Crippen LogP) is 2.32. The number of nitrogens with one attached hydrogen (secondary N) is 1. The molecule has 0 saturated heterocycles. The number of hydrogen-bond acceptors (Lipinski definition) is 4. The number of rotatable bonds is 3. The molecule has 126 valence electrons. The molecule has 0 radical (unpaired) electrons. The Balaban J connectivity index is 1.52. The first-order valence-electron chi connectivity index (χ1n) is 8.25. The molecule has 0 atom stereocenters. The van der Waals surface area contributed by atoms with Crippen LogP contribution in [-0.2, 0) is 6.42 Å². The summed E-state index contributed by atoms with van der Waals surface area (Å²) >= 11 is 0. The Bertz CT molecular complexity index is 877. The Morgan fingerprint density at radius 3 is 2.92 bits per heavy atom. The maximum atomic E-state index is 11.1. The van der Waals surface area contributed by atoms with Crippen molar-refractivity contribution in [3.63, 3.8) is 0 Å². The van der Waals surface area contributed by atoms with Crippen LogP contribution in [0.1, 0.15) is 31.5 Å². The van der Waals surface area contributed by atoms with E-state index in [2.05, 4.69) is 24.6 Å². The highest BCUT2D eigenvalue weighted by atomic mass is 16.4. The number of amides is 1. The van der Waals surface area contributed by atoms with E-state index in [0.717, 1.165) is 54.7 Å². The first kappa shape index (κ1) is 14.9. The summed E-state index contributed by atoms with van der Waals surface area (Å²) in [6.07, 6.45) is 7.45. The normalized spacial score (nSPS) is 21.4. The zero-order valence-corrected chi connectivity index (χ0v) is 13.5. The average molecular weight is 328 g/mol. The first-order chi connectivity index (χ1) is 11.6. The van der Waals surface area contributed by atoms with Crippen molar-refractivity contribution in [3.05, 3.63) is 24.3 Å². The van der Waals surface area contributed by atoms with Crippen LogP contribution in [0.25, 0.3) is 16.8 Å². The molecule has 3 aromatic heterocycles. The lowest BCUT2D eigenvalue weighted by Gasteiger charge is -2.32. The molecule has 1 aliphatic rings. The van der Waals surface area contributed by atoms with E-state index >= 15 is 0 Å². The smallest absolute Gasteiger partial charge is 0.407 e. The van der Waals surface area contributed by atoms with Gasteiger partial charge in [-0.3, -0.25) is 4.40 Å². The van der Waals surface area contributed by atoms with E-state index in [9.17, 15) is 4.79 Å². The van der Waals surface area contributed by atoms with Crippen LogP contribution >= 0.6 is 0 Å². The fraction of sp³-hybridized carbons (Fsp3) is 0.500. The Morgan fingerprint density at radius 1 is 1.38 bits per heavy atom. The van der Waals surface area contributed by atoms with Crippen molar-refractivity contribution < 1.29 is 9.90 Å². The highest BCUT2D eigenvalue weighted by Crippen LogP contribution is 2.29. The number of nitrogens with zero attached hydrogens (tertiary/aromatic N) is 5. The maximum absolute atomic E-state index is 11.1. The number of hydrogen-bond donors (Lipinski definition) is 2. The van der Waals surface area contributed by atoms with Crippen LogP contribution in [0.5, 0.6) is 0 Å². The summed E-state index contributed by atoms with van der Waals surface area (Å²) in [4.78, 5) is 20.0. The molecule has 1 fully saturated rings. The van der Waals surface area contributed by atoms with Gasteiger partial charge in [0.2, 0.25) is 0 Å². The molecule has 1 aliphatic carbocycles. The minimum Gasteiger partial charge on any atom is -0.465 e. The Morgan fingerprint density at radius 2 is 2.17 bits per heavy atom. The summed E-state index contributed by atoms with van der Waals surface area (Å²) in [5, 5.41) is 17.7. The van der Waals surface area contributed by atoms with Crippen LogP contribution in [-0.4, -0.2) is 53.8 Å². The lowest BCUT2D eigenvalue weighted by Crippen LogP contribution is -2.38. The van der Waals surface area contributed by atoms with Gasteiger partial charge in [0.1, 0.15) is 5.82 Å². The molecule has 3 heterocycles. The van der Waals surface area contributed by atoms with Crippen LogP contribution in [0.3, 0.4) is 0 Å². The van der Waals surface area contributed by atoms with E-state index in [-0.39, 0.29) is 6.04 Å². The lowest BCUT2D eigenvalue weighted by atomic mass is 9.83. The van der Waals surface area contributed by atoms with Gasteiger partial charge >= 0.3 is 6.09 Å². The lowest BCUT2D eigenvalue weighted by molar-refractivity contribution is 0.118. The van der Waals surface area contributed by atoms with Crippen LogP contribution < -0.4 is 0 Å². The van der Waals surface area contributed by atoms with E-state index in [0.29, 0.717) is 5.92 Å². The fourth-order valence-electron chi connectivity index (χ4n) is 3.72. The van der Waals surface area contributed by atoms with Crippen molar-refractivity contribution >= 4 is 22.9 Å². The highest BCUT2D eigenvalue weighted by Gasteiger charge is 2.27. The summed E-state index contributed by atoms with van der Waals surface area (Å²) in [6, 6.07) is 2.12. The molecule has 8 nitrogen and oxygen atoms in total. The third-order valence-electron chi connectivity index (χ3n) is 5.15. The summed E-state index contributed by atoms with van der Waals surface area (Å²) in [5.41, 5.74) is 2.58. The quantitative estimate of drug-likeness (QED) is 0.768. The van der Waals surface area contributed by atoms with Gasteiger partial charge in [0.05, 0.1) is 11.7 Å². The number of aromatic amines is 1. The number of aromatic nitrogens is 5. The van der Waals surface area contributed by atoms with Gasteiger partial charge in [-0.25, -0.2) is 9.78 Å². The number of fused-ring (bicyclic) bond motifs is 3. The Kier molecular flexibility index (Phi) is 3.59. The average Bonchev–Trinajstić information content (AvgIpc) is 3.21. The molecular weight excluding hydrogens is 308 g/mol. The van der Waals surface area contributed by atoms with Gasteiger partial charge in [-0.15, -0.1) is 10.2 Å². The monoisotopic (exact) mass is 328 g/mol. The SMILES string of the molecule is CN(C(=O)O)C1CCC(Cc2nnc3cnc4[nH]ccc4n23)CC1. The molecule has 0 aliphatic heterocycles.